The van der Waals surface area contributed by atoms with E-state index in [2.05, 4.69) is 0 Å². The summed E-state index contributed by atoms with van der Waals surface area (Å²) in [7, 11) is 1.05. The molecule has 4 N–H and O–H groups in total. The first kappa shape index (κ1) is 14.1. The normalized spacial score (nSPS) is 11.4. The second-order valence-electron chi connectivity index (χ2n) is 3.73. The summed E-state index contributed by atoms with van der Waals surface area (Å²) in [6, 6.07) is 1.67. The molecule has 1 rings (SSSR count). The van der Waals surface area contributed by atoms with Gasteiger partial charge in [-0.2, -0.15) is 13.2 Å². The van der Waals surface area contributed by atoms with Gasteiger partial charge >= 0.3 is 6.18 Å². The Balaban J connectivity index is 3.16. The summed E-state index contributed by atoms with van der Waals surface area (Å²) in [5, 5.41) is 0. The number of halogens is 4. The number of benzene rings is 1. The number of nitrogens with two attached hydrogens (primary N) is 2. The lowest BCUT2D eigenvalue weighted by Crippen LogP contribution is -2.31. The fourth-order valence-corrected chi connectivity index (χ4v) is 1.44. The van der Waals surface area contributed by atoms with E-state index in [1.807, 2.05) is 0 Å². The van der Waals surface area contributed by atoms with Crippen molar-refractivity contribution < 1.29 is 22.4 Å². The molecular formula is C10H11F4N3O. The van der Waals surface area contributed by atoms with Crippen molar-refractivity contribution in [3.05, 3.63) is 23.5 Å². The molecule has 0 aliphatic carbocycles. The molecule has 0 heterocycles. The van der Waals surface area contributed by atoms with Crippen LogP contribution in [0.2, 0.25) is 0 Å². The standard InChI is InChI=1S/C10H11F4N3O/c1-17(4-10(12,13)14)8-2-5(9(16)18)7(15)3-6(8)11/h2-3H,4,15H2,1H3,(H2,16,18). The van der Waals surface area contributed by atoms with Crippen molar-refractivity contribution in [2.24, 2.45) is 5.73 Å². The van der Waals surface area contributed by atoms with Gasteiger partial charge in [0.05, 0.1) is 11.3 Å². The van der Waals surface area contributed by atoms with Crippen molar-refractivity contribution in [1.82, 2.24) is 0 Å². The Morgan fingerprint density at radius 3 is 2.39 bits per heavy atom. The first-order chi connectivity index (χ1) is 8.11. The van der Waals surface area contributed by atoms with Crippen LogP contribution in [0.5, 0.6) is 0 Å². The number of nitrogens with zero attached hydrogens (tertiary/aromatic N) is 1. The van der Waals surface area contributed by atoms with Gasteiger partial charge in [0.25, 0.3) is 5.91 Å². The van der Waals surface area contributed by atoms with Gasteiger partial charge < -0.3 is 16.4 Å². The summed E-state index contributed by atoms with van der Waals surface area (Å²) in [6.45, 7) is -1.36. The molecule has 1 aromatic rings. The minimum Gasteiger partial charge on any atom is -0.398 e. The van der Waals surface area contributed by atoms with Gasteiger partial charge in [-0.25, -0.2) is 4.39 Å². The van der Waals surface area contributed by atoms with Gasteiger partial charge in [-0.15, -0.1) is 0 Å². The van der Waals surface area contributed by atoms with Gasteiger partial charge in [0, 0.05) is 12.7 Å². The number of primary amides is 1. The molecule has 100 valence electrons. The van der Waals surface area contributed by atoms with E-state index in [9.17, 15) is 22.4 Å². The summed E-state index contributed by atoms with van der Waals surface area (Å²) < 4.78 is 50.0. The molecule has 0 spiro atoms. The number of carbonyl (C=O) groups excluding carboxylic acids is 1. The highest BCUT2D eigenvalue weighted by atomic mass is 19.4. The maximum absolute atomic E-state index is 13.5. The Bertz CT molecular complexity index is 473. The minimum absolute atomic E-state index is 0.218. The van der Waals surface area contributed by atoms with Crippen molar-refractivity contribution in [3.8, 4) is 0 Å². The van der Waals surface area contributed by atoms with E-state index in [1.165, 1.54) is 0 Å². The fraction of sp³-hybridized carbons (Fsp3) is 0.300. The molecule has 8 heteroatoms. The highest BCUT2D eigenvalue weighted by molar-refractivity contribution is 5.99. The van der Waals surface area contributed by atoms with E-state index in [1.54, 1.807) is 0 Å². The molecule has 18 heavy (non-hydrogen) atoms. The first-order valence-corrected chi connectivity index (χ1v) is 4.78. The summed E-state index contributed by atoms with van der Waals surface area (Å²) in [5.41, 5.74) is 9.48. The van der Waals surface area contributed by atoms with Crippen LogP contribution in [0.25, 0.3) is 0 Å². The predicted molar refractivity (Wildman–Crippen MR) is 58.7 cm³/mol. The molecule has 0 radical (unpaired) electrons. The van der Waals surface area contributed by atoms with Crippen molar-refractivity contribution in [1.29, 1.82) is 0 Å². The topological polar surface area (TPSA) is 72.3 Å². The van der Waals surface area contributed by atoms with Crippen LogP contribution in [0.3, 0.4) is 0 Å². The minimum atomic E-state index is -4.49. The molecule has 0 aliphatic heterocycles. The average Bonchev–Trinajstić information content (AvgIpc) is 2.13. The number of rotatable bonds is 3. The Labute approximate surface area is 100 Å². The van der Waals surface area contributed by atoms with Crippen LogP contribution < -0.4 is 16.4 Å². The quantitative estimate of drug-likeness (QED) is 0.642. The summed E-state index contributed by atoms with van der Waals surface area (Å²) in [4.78, 5) is 11.6. The molecule has 4 nitrogen and oxygen atoms in total. The summed E-state index contributed by atoms with van der Waals surface area (Å²) >= 11 is 0. The monoisotopic (exact) mass is 265 g/mol. The van der Waals surface area contributed by atoms with Gasteiger partial charge in [0.2, 0.25) is 0 Å². The van der Waals surface area contributed by atoms with Gasteiger partial charge in [0.1, 0.15) is 12.4 Å². The third-order valence-corrected chi connectivity index (χ3v) is 2.21. The number of anilines is 2. The van der Waals surface area contributed by atoms with Crippen LogP contribution in [0.1, 0.15) is 10.4 Å². The van der Waals surface area contributed by atoms with E-state index in [-0.39, 0.29) is 11.3 Å². The third kappa shape index (κ3) is 3.25. The van der Waals surface area contributed by atoms with E-state index >= 15 is 0 Å². The zero-order chi connectivity index (χ0) is 14.1. The maximum Gasteiger partial charge on any atom is 0.405 e. The van der Waals surface area contributed by atoms with Crippen LogP contribution in [0, 0.1) is 5.82 Å². The molecule has 0 fully saturated rings. The molecule has 0 atom stereocenters. The van der Waals surface area contributed by atoms with Crippen LogP contribution in [0.15, 0.2) is 12.1 Å². The number of carbonyl (C=O) groups is 1. The van der Waals surface area contributed by atoms with Gasteiger partial charge in [-0.3, -0.25) is 4.79 Å². The van der Waals surface area contributed by atoms with E-state index in [4.69, 9.17) is 11.5 Å². The number of alkyl halides is 3. The van der Waals surface area contributed by atoms with Crippen LogP contribution in [-0.4, -0.2) is 25.7 Å². The second kappa shape index (κ2) is 4.71. The van der Waals surface area contributed by atoms with Crippen molar-refractivity contribution >= 4 is 17.3 Å². The van der Waals surface area contributed by atoms with E-state index < -0.39 is 30.1 Å². The maximum atomic E-state index is 13.5. The second-order valence-corrected chi connectivity index (χ2v) is 3.73. The number of hydrogen-bond acceptors (Lipinski definition) is 3. The van der Waals surface area contributed by atoms with Gasteiger partial charge in [-0.05, 0) is 12.1 Å². The lowest BCUT2D eigenvalue weighted by Gasteiger charge is -2.22. The van der Waals surface area contributed by atoms with Gasteiger partial charge in [-0.1, -0.05) is 0 Å². The van der Waals surface area contributed by atoms with Gasteiger partial charge in [0.15, 0.2) is 0 Å². The lowest BCUT2D eigenvalue weighted by atomic mass is 10.1. The zero-order valence-corrected chi connectivity index (χ0v) is 9.38. The van der Waals surface area contributed by atoms with Crippen LogP contribution >= 0.6 is 0 Å². The SMILES string of the molecule is CN(CC(F)(F)F)c1cc(C(N)=O)c(N)cc1F. The Hall–Kier alpha value is -1.99. The van der Waals surface area contributed by atoms with Crippen LogP contribution in [-0.2, 0) is 0 Å². The van der Waals surface area contributed by atoms with E-state index in [0.717, 1.165) is 19.2 Å². The third-order valence-electron chi connectivity index (χ3n) is 2.21. The molecule has 0 unspecified atom stereocenters. The summed E-state index contributed by atoms with van der Waals surface area (Å²) in [5.74, 6) is -1.89. The Morgan fingerprint density at radius 2 is 1.94 bits per heavy atom. The molecule has 1 amide bonds. The molecule has 0 aromatic heterocycles. The predicted octanol–water partition coefficient (Wildman–Crippen LogP) is 1.51. The largest absolute Gasteiger partial charge is 0.405 e. The molecule has 0 bridgehead atoms. The van der Waals surface area contributed by atoms with Crippen molar-refractivity contribution in [3.63, 3.8) is 0 Å². The van der Waals surface area contributed by atoms with Crippen molar-refractivity contribution in [2.45, 2.75) is 6.18 Å². The van der Waals surface area contributed by atoms with E-state index in [0.29, 0.717) is 4.90 Å². The highest BCUT2D eigenvalue weighted by Gasteiger charge is 2.30. The number of amides is 1. The zero-order valence-electron chi connectivity index (χ0n) is 9.38. The molecular weight excluding hydrogens is 254 g/mol. The van der Waals surface area contributed by atoms with Crippen molar-refractivity contribution in [2.75, 3.05) is 24.2 Å². The van der Waals surface area contributed by atoms with Crippen LogP contribution in [0.4, 0.5) is 28.9 Å². The first-order valence-electron chi connectivity index (χ1n) is 4.78. The molecule has 1 aromatic carbocycles. The fourth-order valence-electron chi connectivity index (χ4n) is 1.44. The Kier molecular flexibility index (Phi) is 3.68. The smallest absolute Gasteiger partial charge is 0.398 e. The molecule has 0 saturated carbocycles. The lowest BCUT2D eigenvalue weighted by molar-refractivity contribution is -0.119. The molecule has 0 saturated heterocycles. The number of hydrogen-bond donors (Lipinski definition) is 2. The molecule has 0 aliphatic rings. The summed E-state index contributed by atoms with van der Waals surface area (Å²) in [6.07, 6.45) is -4.49. The highest BCUT2D eigenvalue weighted by Crippen LogP contribution is 2.27. The Morgan fingerprint density at radius 1 is 1.39 bits per heavy atom. The average molecular weight is 265 g/mol. The number of nitrogen functional groups attached to an aromatic ring is 1.